The van der Waals surface area contributed by atoms with Gasteiger partial charge in [-0.3, -0.25) is 4.79 Å². The van der Waals surface area contributed by atoms with Crippen LogP contribution in [-0.2, 0) is 11.2 Å². The van der Waals surface area contributed by atoms with Crippen LogP contribution in [0.5, 0.6) is 0 Å². The van der Waals surface area contributed by atoms with E-state index in [1.54, 1.807) is 0 Å². The molecule has 1 spiro atoms. The minimum absolute atomic E-state index is 0.0377. The van der Waals surface area contributed by atoms with Crippen molar-refractivity contribution in [3.8, 4) is 6.07 Å². The molecule has 1 heterocycles. The van der Waals surface area contributed by atoms with Gasteiger partial charge in [-0.15, -0.1) is 0 Å². The smallest absolute Gasteiger partial charge is 0.179 e. The molecule has 1 saturated heterocycles. The van der Waals surface area contributed by atoms with Gasteiger partial charge in [0.15, 0.2) is 5.78 Å². The van der Waals surface area contributed by atoms with Crippen molar-refractivity contribution in [3.63, 3.8) is 0 Å². The predicted molar refractivity (Wildman–Crippen MR) is 94.5 cm³/mol. The Kier molecular flexibility index (Phi) is 3.42. The summed E-state index contributed by atoms with van der Waals surface area (Å²) in [6, 6.07) is 8.43. The summed E-state index contributed by atoms with van der Waals surface area (Å²) in [6.07, 6.45) is 5.42. The van der Waals surface area contributed by atoms with Gasteiger partial charge in [0.25, 0.3) is 0 Å². The van der Waals surface area contributed by atoms with E-state index in [2.05, 4.69) is 28.0 Å². The summed E-state index contributed by atoms with van der Waals surface area (Å²) in [6.45, 7) is 1.92. The number of fused-ring (bicyclic) bond motifs is 1. The molecule has 0 atom stereocenters. The fourth-order valence-corrected chi connectivity index (χ4v) is 4.07. The number of nitrogens with zero attached hydrogens (tertiary/aromatic N) is 3. The highest BCUT2D eigenvalue weighted by Gasteiger charge is 2.45. The third-order valence-corrected chi connectivity index (χ3v) is 5.94. The van der Waals surface area contributed by atoms with E-state index in [0.717, 1.165) is 35.6 Å². The van der Waals surface area contributed by atoms with Crippen LogP contribution in [0.2, 0.25) is 0 Å². The lowest BCUT2D eigenvalue weighted by molar-refractivity contribution is -0.114. The molecule has 0 bridgehead atoms. The van der Waals surface area contributed by atoms with Gasteiger partial charge in [-0.2, -0.15) is 5.26 Å². The Labute approximate surface area is 143 Å². The second kappa shape index (κ2) is 5.37. The fourth-order valence-electron chi connectivity index (χ4n) is 4.07. The van der Waals surface area contributed by atoms with E-state index in [1.165, 1.54) is 25.7 Å². The minimum atomic E-state index is -0.0377. The molecule has 0 aromatic heterocycles. The SMILES string of the molecule is CN(C)c1ccc2c(c1)C(N1CCC3(CC1)CC3)=C(C#N)C(=O)C2. The zero-order valence-electron chi connectivity index (χ0n) is 14.4. The third-order valence-electron chi connectivity index (χ3n) is 5.94. The summed E-state index contributed by atoms with van der Waals surface area (Å²) < 4.78 is 0. The van der Waals surface area contributed by atoms with Crippen LogP contribution >= 0.6 is 0 Å². The van der Waals surface area contributed by atoms with Gasteiger partial charge in [-0.1, -0.05) is 6.07 Å². The Balaban J connectivity index is 1.78. The molecule has 1 aromatic carbocycles. The van der Waals surface area contributed by atoms with Crippen LogP contribution in [0.1, 0.15) is 36.8 Å². The summed E-state index contributed by atoms with van der Waals surface area (Å²) in [5.74, 6) is -0.0377. The number of rotatable bonds is 2. The molecule has 124 valence electrons. The lowest BCUT2D eigenvalue weighted by Crippen LogP contribution is -2.36. The zero-order chi connectivity index (χ0) is 16.9. The largest absolute Gasteiger partial charge is 0.378 e. The van der Waals surface area contributed by atoms with E-state index in [9.17, 15) is 10.1 Å². The summed E-state index contributed by atoms with van der Waals surface area (Å²) in [7, 11) is 4.03. The Morgan fingerprint density at radius 1 is 1.17 bits per heavy atom. The summed E-state index contributed by atoms with van der Waals surface area (Å²) in [5.41, 5.74) is 5.04. The van der Waals surface area contributed by atoms with Gasteiger partial charge in [0.2, 0.25) is 0 Å². The number of benzene rings is 1. The fraction of sp³-hybridized carbons (Fsp3) is 0.500. The minimum Gasteiger partial charge on any atom is -0.378 e. The molecule has 0 radical (unpaired) electrons. The molecular formula is C20H23N3O. The molecular weight excluding hydrogens is 298 g/mol. The van der Waals surface area contributed by atoms with Gasteiger partial charge in [0.05, 0.1) is 5.70 Å². The standard InChI is InChI=1S/C20H23N3O/c1-22(2)15-4-3-14-11-18(24)17(13-21)19(16(14)12-15)23-9-7-20(5-6-20)8-10-23/h3-4,12H,5-11H2,1-2H3. The molecule has 1 aromatic rings. The second-order valence-electron chi connectivity index (χ2n) is 7.66. The Morgan fingerprint density at radius 2 is 1.88 bits per heavy atom. The average Bonchev–Trinajstić information content (AvgIpc) is 3.33. The predicted octanol–water partition coefficient (Wildman–Crippen LogP) is 2.99. The van der Waals surface area contributed by atoms with Crippen molar-refractivity contribution in [2.45, 2.75) is 32.1 Å². The van der Waals surface area contributed by atoms with E-state index >= 15 is 0 Å². The zero-order valence-corrected chi connectivity index (χ0v) is 14.4. The molecule has 4 heteroatoms. The van der Waals surface area contributed by atoms with E-state index in [1.807, 2.05) is 20.2 Å². The maximum Gasteiger partial charge on any atom is 0.179 e. The monoisotopic (exact) mass is 321 g/mol. The highest BCUT2D eigenvalue weighted by atomic mass is 16.1. The van der Waals surface area contributed by atoms with Gasteiger partial charge >= 0.3 is 0 Å². The molecule has 4 rings (SSSR count). The number of piperidine rings is 1. The van der Waals surface area contributed by atoms with Crippen molar-refractivity contribution in [1.29, 1.82) is 5.26 Å². The molecule has 2 fully saturated rings. The van der Waals surface area contributed by atoms with Crippen LogP contribution in [-0.4, -0.2) is 37.9 Å². The van der Waals surface area contributed by atoms with Gasteiger partial charge in [-0.25, -0.2) is 0 Å². The number of likely N-dealkylation sites (tertiary alicyclic amines) is 1. The van der Waals surface area contributed by atoms with E-state index in [-0.39, 0.29) is 5.78 Å². The molecule has 3 aliphatic rings. The Morgan fingerprint density at radius 3 is 2.46 bits per heavy atom. The van der Waals surface area contributed by atoms with Crippen molar-refractivity contribution in [1.82, 2.24) is 4.90 Å². The van der Waals surface area contributed by atoms with Crippen molar-refractivity contribution >= 4 is 17.2 Å². The van der Waals surface area contributed by atoms with Gasteiger partial charge in [0, 0.05) is 44.9 Å². The van der Waals surface area contributed by atoms with Crippen LogP contribution in [0.3, 0.4) is 0 Å². The highest BCUT2D eigenvalue weighted by Crippen LogP contribution is 2.54. The van der Waals surface area contributed by atoms with Crippen LogP contribution in [0, 0.1) is 16.7 Å². The molecule has 4 nitrogen and oxygen atoms in total. The summed E-state index contributed by atoms with van der Waals surface area (Å²) in [4.78, 5) is 16.8. The molecule has 1 saturated carbocycles. The number of ketones is 1. The number of hydrogen-bond donors (Lipinski definition) is 0. The highest BCUT2D eigenvalue weighted by molar-refractivity contribution is 6.10. The summed E-state index contributed by atoms with van der Waals surface area (Å²) >= 11 is 0. The van der Waals surface area contributed by atoms with Gasteiger partial charge in [-0.05, 0) is 48.8 Å². The van der Waals surface area contributed by atoms with E-state index in [4.69, 9.17) is 0 Å². The van der Waals surface area contributed by atoms with Crippen LogP contribution in [0.25, 0.3) is 5.70 Å². The average molecular weight is 321 g/mol. The molecule has 1 aliphatic heterocycles. The molecule has 0 N–H and O–H groups in total. The maximum absolute atomic E-state index is 12.5. The van der Waals surface area contributed by atoms with Crippen molar-refractivity contribution in [2.75, 3.05) is 32.1 Å². The molecule has 24 heavy (non-hydrogen) atoms. The number of Topliss-reactive ketones (excluding diaryl/α,β-unsaturated/α-hetero) is 1. The number of carbonyl (C=O) groups is 1. The van der Waals surface area contributed by atoms with Crippen LogP contribution in [0.4, 0.5) is 5.69 Å². The van der Waals surface area contributed by atoms with Crippen LogP contribution in [0.15, 0.2) is 23.8 Å². The first-order valence-electron chi connectivity index (χ1n) is 8.76. The second-order valence-corrected chi connectivity index (χ2v) is 7.66. The third kappa shape index (κ3) is 2.39. The van der Waals surface area contributed by atoms with E-state index in [0.29, 0.717) is 17.4 Å². The van der Waals surface area contributed by atoms with Crippen molar-refractivity contribution < 1.29 is 4.79 Å². The molecule has 0 unspecified atom stereocenters. The van der Waals surface area contributed by atoms with E-state index < -0.39 is 0 Å². The number of nitriles is 1. The number of hydrogen-bond acceptors (Lipinski definition) is 4. The first-order valence-corrected chi connectivity index (χ1v) is 8.76. The van der Waals surface area contributed by atoms with Gasteiger partial charge in [0.1, 0.15) is 11.6 Å². The number of anilines is 1. The Bertz CT molecular complexity index is 771. The van der Waals surface area contributed by atoms with Crippen molar-refractivity contribution in [2.24, 2.45) is 5.41 Å². The lowest BCUT2D eigenvalue weighted by atomic mass is 9.85. The van der Waals surface area contributed by atoms with Gasteiger partial charge < -0.3 is 9.80 Å². The topological polar surface area (TPSA) is 47.3 Å². The molecule has 2 aliphatic carbocycles. The quantitative estimate of drug-likeness (QED) is 0.840. The number of carbonyl (C=O) groups excluding carboxylic acids is 1. The maximum atomic E-state index is 12.5. The normalized spacial score (nSPS) is 21.5. The first-order chi connectivity index (χ1) is 11.5. The lowest BCUT2D eigenvalue weighted by Gasteiger charge is -2.38. The Hall–Kier alpha value is -2.28. The first kappa shape index (κ1) is 15.3. The molecule has 0 amide bonds. The summed E-state index contributed by atoms with van der Waals surface area (Å²) in [5, 5.41) is 9.62. The van der Waals surface area contributed by atoms with Crippen molar-refractivity contribution in [3.05, 3.63) is 34.9 Å². The van der Waals surface area contributed by atoms with Crippen LogP contribution < -0.4 is 4.90 Å². The number of allylic oxidation sites excluding steroid dienone is 1.